The van der Waals surface area contributed by atoms with Gasteiger partial charge in [-0.2, -0.15) is 9.40 Å². The fourth-order valence-corrected chi connectivity index (χ4v) is 5.36. The molecule has 1 aliphatic heterocycles. The number of H-pyrrole nitrogens is 1. The van der Waals surface area contributed by atoms with Crippen molar-refractivity contribution < 1.29 is 13.2 Å². The van der Waals surface area contributed by atoms with Gasteiger partial charge in [0.15, 0.2) is 5.78 Å². The van der Waals surface area contributed by atoms with Crippen molar-refractivity contribution in [3.63, 3.8) is 0 Å². The molecule has 8 nitrogen and oxygen atoms in total. The SMILES string of the molecule is Cc1n[nH]c(C)c1S(=O)(=O)N1CCN(CC(=O)c2cc(C)n(C)c2C)CC1. The van der Waals surface area contributed by atoms with E-state index in [2.05, 4.69) is 10.2 Å². The average Bonchev–Trinajstić information content (AvgIpc) is 3.09. The smallest absolute Gasteiger partial charge is 0.246 e. The molecule has 0 aromatic carbocycles. The number of aromatic amines is 1. The van der Waals surface area contributed by atoms with Crippen molar-refractivity contribution >= 4 is 15.8 Å². The highest BCUT2D eigenvalue weighted by atomic mass is 32.2. The fourth-order valence-electron chi connectivity index (χ4n) is 3.60. The minimum Gasteiger partial charge on any atom is -0.351 e. The summed E-state index contributed by atoms with van der Waals surface area (Å²) < 4.78 is 29.3. The van der Waals surface area contributed by atoms with Gasteiger partial charge in [-0.1, -0.05) is 0 Å². The molecule has 0 amide bonds. The molecule has 0 bridgehead atoms. The summed E-state index contributed by atoms with van der Waals surface area (Å²) in [5.41, 5.74) is 3.80. The first-order chi connectivity index (χ1) is 12.6. The molecule has 1 N–H and O–H groups in total. The van der Waals surface area contributed by atoms with Crippen molar-refractivity contribution in [2.75, 3.05) is 32.7 Å². The normalized spacial score (nSPS) is 16.8. The topological polar surface area (TPSA) is 91.3 Å². The first-order valence-corrected chi connectivity index (χ1v) is 10.5. The largest absolute Gasteiger partial charge is 0.351 e. The highest BCUT2D eigenvalue weighted by Crippen LogP contribution is 2.23. The molecular weight excluding hydrogens is 366 g/mol. The van der Waals surface area contributed by atoms with Crippen LogP contribution in [0.15, 0.2) is 11.0 Å². The van der Waals surface area contributed by atoms with Gasteiger partial charge >= 0.3 is 0 Å². The minimum absolute atomic E-state index is 0.0778. The van der Waals surface area contributed by atoms with Crippen LogP contribution in [0.4, 0.5) is 0 Å². The van der Waals surface area contributed by atoms with Crippen molar-refractivity contribution in [3.05, 3.63) is 34.4 Å². The zero-order chi connectivity index (χ0) is 19.9. The molecule has 1 saturated heterocycles. The lowest BCUT2D eigenvalue weighted by atomic mass is 10.1. The molecule has 2 aromatic rings. The molecule has 0 saturated carbocycles. The third-order valence-electron chi connectivity index (χ3n) is 5.43. The summed E-state index contributed by atoms with van der Waals surface area (Å²) in [6.07, 6.45) is 0. The van der Waals surface area contributed by atoms with Crippen LogP contribution in [0.5, 0.6) is 0 Å². The van der Waals surface area contributed by atoms with Gasteiger partial charge in [0.1, 0.15) is 4.90 Å². The first-order valence-electron chi connectivity index (χ1n) is 9.03. The summed E-state index contributed by atoms with van der Waals surface area (Å²) in [5.74, 6) is 0.0778. The van der Waals surface area contributed by atoms with Gasteiger partial charge in [0, 0.05) is 50.2 Å². The van der Waals surface area contributed by atoms with Crippen LogP contribution in [0.1, 0.15) is 33.1 Å². The molecule has 0 aliphatic carbocycles. The maximum absolute atomic E-state index is 12.9. The number of nitrogens with one attached hydrogen (secondary N) is 1. The Balaban J connectivity index is 1.65. The van der Waals surface area contributed by atoms with E-state index in [-0.39, 0.29) is 10.7 Å². The molecule has 9 heteroatoms. The Hall–Kier alpha value is -1.97. The van der Waals surface area contributed by atoms with Crippen LogP contribution in [0.25, 0.3) is 0 Å². The van der Waals surface area contributed by atoms with Crippen LogP contribution >= 0.6 is 0 Å². The maximum atomic E-state index is 12.9. The molecule has 1 aliphatic rings. The number of carbonyl (C=O) groups excluding carboxylic acids is 1. The summed E-state index contributed by atoms with van der Waals surface area (Å²) in [5, 5.41) is 6.73. The van der Waals surface area contributed by atoms with E-state index in [9.17, 15) is 13.2 Å². The number of aromatic nitrogens is 3. The van der Waals surface area contributed by atoms with Crippen LogP contribution in [0.2, 0.25) is 0 Å². The van der Waals surface area contributed by atoms with Gasteiger partial charge in [-0.05, 0) is 33.8 Å². The Morgan fingerprint density at radius 2 is 1.78 bits per heavy atom. The highest BCUT2D eigenvalue weighted by molar-refractivity contribution is 7.89. The van der Waals surface area contributed by atoms with Crippen LogP contribution in [-0.4, -0.2) is 70.9 Å². The lowest BCUT2D eigenvalue weighted by molar-refractivity contribution is 0.0901. The second-order valence-corrected chi connectivity index (χ2v) is 9.09. The maximum Gasteiger partial charge on any atom is 0.246 e. The standard InChI is InChI=1S/C18H27N5O3S/c1-12-10-16(15(4)21(12)5)17(24)11-22-6-8-23(9-7-22)27(25,26)18-13(2)19-20-14(18)3/h10H,6-9,11H2,1-5H3,(H,19,20). The minimum atomic E-state index is -3.57. The Morgan fingerprint density at radius 3 is 2.26 bits per heavy atom. The second-order valence-electron chi connectivity index (χ2n) is 7.21. The van der Waals surface area contributed by atoms with Gasteiger partial charge in [0.05, 0.1) is 17.9 Å². The number of Topliss-reactive ketones (excluding diaryl/α,β-unsaturated/α-hetero) is 1. The zero-order valence-electron chi connectivity index (χ0n) is 16.5. The van der Waals surface area contributed by atoms with Crippen molar-refractivity contribution in [1.29, 1.82) is 0 Å². The number of ketones is 1. The summed E-state index contributed by atoms with van der Waals surface area (Å²) >= 11 is 0. The molecule has 1 fully saturated rings. The number of nitrogens with zero attached hydrogens (tertiary/aromatic N) is 4. The van der Waals surface area contributed by atoms with E-state index in [1.807, 2.05) is 36.4 Å². The summed E-state index contributed by atoms with van der Waals surface area (Å²) in [4.78, 5) is 14.9. The molecule has 27 heavy (non-hydrogen) atoms. The number of hydrogen-bond acceptors (Lipinski definition) is 5. The van der Waals surface area contributed by atoms with E-state index in [0.717, 1.165) is 17.0 Å². The Labute approximate surface area is 160 Å². The van der Waals surface area contributed by atoms with Crippen LogP contribution in [0, 0.1) is 27.7 Å². The summed E-state index contributed by atoms with van der Waals surface area (Å²) in [7, 11) is -1.62. The zero-order valence-corrected chi connectivity index (χ0v) is 17.4. The molecule has 2 aromatic heterocycles. The summed E-state index contributed by atoms with van der Waals surface area (Å²) in [6, 6.07) is 1.92. The second kappa shape index (κ2) is 7.21. The third-order valence-corrected chi connectivity index (χ3v) is 7.59. The van der Waals surface area contributed by atoms with E-state index in [1.54, 1.807) is 13.8 Å². The van der Waals surface area contributed by atoms with Gasteiger partial charge in [-0.15, -0.1) is 0 Å². The molecule has 0 radical (unpaired) electrons. The Kier molecular flexibility index (Phi) is 5.29. The van der Waals surface area contributed by atoms with Crippen molar-refractivity contribution in [3.8, 4) is 0 Å². The molecular formula is C18H27N5O3S. The molecule has 3 rings (SSSR count). The Morgan fingerprint density at radius 1 is 1.15 bits per heavy atom. The molecule has 3 heterocycles. The van der Waals surface area contributed by atoms with E-state index in [0.29, 0.717) is 44.1 Å². The number of hydrogen-bond donors (Lipinski definition) is 1. The van der Waals surface area contributed by atoms with Gasteiger partial charge in [0.25, 0.3) is 0 Å². The number of carbonyl (C=O) groups is 1. The van der Waals surface area contributed by atoms with Gasteiger partial charge < -0.3 is 4.57 Å². The predicted octanol–water partition coefficient (Wildman–Crippen LogP) is 1.17. The molecule has 0 unspecified atom stereocenters. The average molecular weight is 394 g/mol. The van der Waals surface area contributed by atoms with Gasteiger partial charge in [-0.3, -0.25) is 14.8 Å². The molecule has 0 spiro atoms. The molecule has 148 valence electrons. The van der Waals surface area contributed by atoms with E-state index in [4.69, 9.17) is 0 Å². The number of aryl methyl sites for hydroxylation is 3. The highest BCUT2D eigenvalue weighted by Gasteiger charge is 2.32. The number of piperazine rings is 1. The van der Waals surface area contributed by atoms with E-state index < -0.39 is 10.0 Å². The summed E-state index contributed by atoms with van der Waals surface area (Å²) in [6.45, 7) is 9.44. The Bertz CT molecular complexity index is 946. The lowest BCUT2D eigenvalue weighted by Gasteiger charge is -2.33. The van der Waals surface area contributed by atoms with Gasteiger partial charge in [-0.25, -0.2) is 8.42 Å². The van der Waals surface area contributed by atoms with Crippen molar-refractivity contribution in [2.45, 2.75) is 32.6 Å². The third kappa shape index (κ3) is 3.59. The fraction of sp³-hybridized carbons (Fsp3) is 0.556. The first kappa shape index (κ1) is 19.8. The van der Waals surface area contributed by atoms with Crippen LogP contribution in [-0.2, 0) is 17.1 Å². The van der Waals surface area contributed by atoms with Crippen molar-refractivity contribution in [2.24, 2.45) is 7.05 Å². The van der Waals surface area contributed by atoms with Gasteiger partial charge in [0.2, 0.25) is 10.0 Å². The van der Waals surface area contributed by atoms with E-state index in [1.165, 1.54) is 4.31 Å². The number of rotatable bonds is 5. The lowest BCUT2D eigenvalue weighted by Crippen LogP contribution is -2.49. The van der Waals surface area contributed by atoms with E-state index >= 15 is 0 Å². The molecule has 0 atom stereocenters. The monoisotopic (exact) mass is 393 g/mol. The quantitative estimate of drug-likeness (QED) is 0.770. The number of sulfonamides is 1. The predicted molar refractivity (Wildman–Crippen MR) is 102 cm³/mol. The van der Waals surface area contributed by atoms with Crippen molar-refractivity contribution in [1.82, 2.24) is 24.0 Å². The van der Waals surface area contributed by atoms with Crippen LogP contribution < -0.4 is 0 Å². The van der Waals surface area contributed by atoms with Crippen LogP contribution in [0.3, 0.4) is 0 Å².